The van der Waals surface area contributed by atoms with E-state index in [1.807, 2.05) is 17.2 Å². The van der Waals surface area contributed by atoms with Gasteiger partial charge in [-0.05, 0) is 56.8 Å². The number of likely N-dealkylation sites (N-methyl/N-ethyl adjacent to an activating group) is 1. The molecule has 21 heavy (non-hydrogen) atoms. The molecule has 1 aromatic heterocycles. The molecular formula is C17H25N3O. The van der Waals surface area contributed by atoms with E-state index in [4.69, 9.17) is 0 Å². The van der Waals surface area contributed by atoms with Crippen molar-refractivity contribution in [2.45, 2.75) is 25.8 Å². The van der Waals surface area contributed by atoms with Gasteiger partial charge in [0.25, 0.3) is 0 Å². The second kappa shape index (κ2) is 6.14. The molecule has 2 saturated carbocycles. The molecule has 3 rings (SSSR count). The molecule has 114 valence electrons. The highest BCUT2D eigenvalue weighted by Crippen LogP contribution is 2.54. The molecule has 1 amide bonds. The number of fused-ring (bicyclic) bond motifs is 1. The first-order chi connectivity index (χ1) is 10.1. The first-order valence-corrected chi connectivity index (χ1v) is 7.96. The number of aromatic nitrogens is 1. The molecule has 0 aromatic carbocycles. The number of hydrogen-bond donors (Lipinski definition) is 0. The summed E-state index contributed by atoms with van der Waals surface area (Å²) in [6.07, 6.45) is 7.25. The standard InChI is InChI=1S/C17H25N3O/c1-19(2)6-7-20(12-13-4-3-5-18-11-13)17(21)16-9-14-8-15(14)10-16/h3-5,11,14-16H,6-10,12H2,1-2H3. The summed E-state index contributed by atoms with van der Waals surface area (Å²) in [6, 6.07) is 3.99. The Morgan fingerprint density at radius 2 is 2.00 bits per heavy atom. The van der Waals surface area contributed by atoms with Crippen LogP contribution < -0.4 is 0 Å². The van der Waals surface area contributed by atoms with Crippen LogP contribution in [0.2, 0.25) is 0 Å². The van der Waals surface area contributed by atoms with Crippen molar-refractivity contribution in [3.8, 4) is 0 Å². The third-order valence-electron chi connectivity index (χ3n) is 4.82. The number of rotatable bonds is 6. The summed E-state index contributed by atoms with van der Waals surface area (Å²) in [6.45, 7) is 2.39. The number of carbonyl (C=O) groups excluding carboxylic acids is 1. The van der Waals surface area contributed by atoms with E-state index in [1.165, 1.54) is 6.42 Å². The molecular weight excluding hydrogens is 262 g/mol. The number of pyridine rings is 1. The molecule has 4 heteroatoms. The molecule has 2 aliphatic rings. The molecule has 4 nitrogen and oxygen atoms in total. The maximum Gasteiger partial charge on any atom is 0.226 e. The van der Waals surface area contributed by atoms with Gasteiger partial charge in [0.05, 0.1) is 0 Å². The highest BCUT2D eigenvalue weighted by molar-refractivity contribution is 5.79. The summed E-state index contributed by atoms with van der Waals surface area (Å²) in [4.78, 5) is 21.1. The predicted molar refractivity (Wildman–Crippen MR) is 82.5 cm³/mol. The Balaban J connectivity index is 1.64. The highest BCUT2D eigenvalue weighted by atomic mass is 16.2. The fraction of sp³-hybridized carbons (Fsp3) is 0.647. The lowest BCUT2D eigenvalue weighted by Crippen LogP contribution is -2.39. The molecule has 2 atom stereocenters. The maximum absolute atomic E-state index is 12.8. The molecule has 2 unspecified atom stereocenters. The first kappa shape index (κ1) is 14.5. The summed E-state index contributed by atoms with van der Waals surface area (Å²) in [5, 5.41) is 0. The van der Waals surface area contributed by atoms with Crippen molar-refractivity contribution in [1.29, 1.82) is 0 Å². The van der Waals surface area contributed by atoms with E-state index in [2.05, 4.69) is 30.0 Å². The van der Waals surface area contributed by atoms with E-state index in [9.17, 15) is 4.79 Å². The van der Waals surface area contributed by atoms with Gasteiger partial charge in [-0.1, -0.05) is 6.07 Å². The zero-order valence-corrected chi connectivity index (χ0v) is 13.0. The van der Waals surface area contributed by atoms with Gasteiger partial charge in [0, 0.05) is 37.9 Å². The average Bonchev–Trinajstić information content (AvgIpc) is 3.10. The van der Waals surface area contributed by atoms with Crippen molar-refractivity contribution in [3.63, 3.8) is 0 Å². The van der Waals surface area contributed by atoms with Gasteiger partial charge in [0.15, 0.2) is 0 Å². The number of nitrogens with zero attached hydrogens (tertiary/aromatic N) is 3. The molecule has 2 fully saturated rings. The van der Waals surface area contributed by atoms with Crippen LogP contribution in [0.5, 0.6) is 0 Å². The van der Waals surface area contributed by atoms with Crippen molar-refractivity contribution in [2.24, 2.45) is 17.8 Å². The van der Waals surface area contributed by atoms with Gasteiger partial charge in [-0.3, -0.25) is 9.78 Å². The quantitative estimate of drug-likeness (QED) is 0.803. The van der Waals surface area contributed by atoms with Crippen molar-refractivity contribution in [1.82, 2.24) is 14.8 Å². The molecule has 0 bridgehead atoms. The van der Waals surface area contributed by atoms with E-state index in [1.54, 1.807) is 6.20 Å². The van der Waals surface area contributed by atoms with Crippen molar-refractivity contribution in [2.75, 3.05) is 27.2 Å². The van der Waals surface area contributed by atoms with Crippen LogP contribution in [0, 0.1) is 17.8 Å². The number of amides is 1. The van der Waals surface area contributed by atoms with Crippen LogP contribution in [0.25, 0.3) is 0 Å². The number of hydrogen-bond acceptors (Lipinski definition) is 3. The first-order valence-electron chi connectivity index (χ1n) is 7.96. The summed E-state index contributed by atoms with van der Waals surface area (Å²) in [7, 11) is 4.11. The molecule has 0 spiro atoms. The van der Waals surface area contributed by atoms with Gasteiger partial charge in [-0.2, -0.15) is 0 Å². The fourth-order valence-electron chi connectivity index (χ4n) is 3.47. The van der Waals surface area contributed by atoms with Gasteiger partial charge < -0.3 is 9.80 Å². The van der Waals surface area contributed by atoms with Gasteiger partial charge in [-0.15, -0.1) is 0 Å². The third kappa shape index (κ3) is 3.62. The zero-order chi connectivity index (χ0) is 14.8. The molecule has 0 radical (unpaired) electrons. The lowest BCUT2D eigenvalue weighted by atomic mass is 10.0. The molecule has 1 heterocycles. The second-order valence-electron chi connectivity index (χ2n) is 6.85. The fourth-order valence-corrected chi connectivity index (χ4v) is 3.47. The Hall–Kier alpha value is -1.42. The Morgan fingerprint density at radius 1 is 1.24 bits per heavy atom. The van der Waals surface area contributed by atoms with Crippen LogP contribution in [0.3, 0.4) is 0 Å². The second-order valence-corrected chi connectivity index (χ2v) is 6.85. The van der Waals surface area contributed by atoms with E-state index in [0.29, 0.717) is 12.5 Å². The Kier molecular flexibility index (Phi) is 4.24. The minimum atomic E-state index is 0.271. The summed E-state index contributed by atoms with van der Waals surface area (Å²) < 4.78 is 0. The maximum atomic E-state index is 12.8. The zero-order valence-electron chi connectivity index (χ0n) is 13.0. The SMILES string of the molecule is CN(C)CCN(Cc1cccnc1)C(=O)C1CC2CC2C1. The van der Waals surface area contributed by atoms with E-state index in [0.717, 1.165) is 43.3 Å². The largest absolute Gasteiger partial charge is 0.337 e. The summed E-state index contributed by atoms with van der Waals surface area (Å²) in [5.41, 5.74) is 1.12. The van der Waals surface area contributed by atoms with Gasteiger partial charge in [0.1, 0.15) is 0 Å². The summed E-state index contributed by atoms with van der Waals surface area (Å²) >= 11 is 0. The molecule has 0 N–H and O–H groups in total. The Labute approximate surface area is 127 Å². The van der Waals surface area contributed by atoms with Crippen LogP contribution in [-0.4, -0.2) is 47.9 Å². The molecule has 2 aliphatic carbocycles. The van der Waals surface area contributed by atoms with E-state index in [-0.39, 0.29) is 5.92 Å². The minimum absolute atomic E-state index is 0.271. The van der Waals surface area contributed by atoms with Crippen LogP contribution in [-0.2, 0) is 11.3 Å². The van der Waals surface area contributed by atoms with Crippen LogP contribution in [0.15, 0.2) is 24.5 Å². The van der Waals surface area contributed by atoms with E-state index >= 15 is 0 Å². The summed E-state index contributed by atoms with van der Waals surface area (Å²) in [5.74, 6) is 2.33. The Morgan fingerprint density at radius 3 is 2.62 bits per heavy atom. The average molecular weight is 287 g/mol. The topological polar surface area (TPSA) is 36.4 Å². The highest BCUT2D eigenvalue weighted by Gasteiger charge is 2.48. The molecule has 0 saturated heterocycles. The van der Waals surface area contributed by atoms with Gasteiger partial charge in [0.2, 0.25) is 5.91 Å². The molecule has 0 aliphatic heterocycles. The Bertz CT molecular complexity index is 478. The van der Waals surface area contributed by atoms with Gasteiger partial charge >= 0.3 is 0 Å². The van der Waals surface area contributed by atoms with Crippen molar-refractivity contribution in [3.05, 3.63) is 30.1 Å². The van der Waals surface area contributed by atoms with Gasteiger partial charge in [-0.25, -0.2) is 0 Å². The van der Waals surface area contributed by atoms with E-state index < -0.39 is 0 Å². The smallest absolute Gasteiger partial charge is 0.226 e. The van der Waals surface area contributed by atoms with Crippen molar-refractivity contribution >= 4 is 5.91 Å². The monoisotopic (exact) mass is 287 g/mol. The van der Waals surface area contributed by atoms with Crippen LogP contribution >= 0.6 is 0 Å². The minimum Gasteiger partial charge on any atom is -0.337 e. The third-order valence-corrected chi connectivity index (χ3v) is 4.82. The van der Waals surface area contributed by atoms with Crippen molar-refractivity contribution < 1.29 is 4.79 Å². The lowest BCUT2D eigenvalue weighted by Gasteiger charge is -2.27. The normalized spacial score (nSPS) is 26.7. The number of carbonyl (C=O) groups is 1. The molecule has 1 aromatic rings. The predicted octanol–water partition coefficient (Wildman–Crippen LogP) is 2.02. The van der Waals surface area contributed by atoms with Crippen LogP contribution in [0.1, 0.15) is 24.8 Å². The van der Waals surface area contributed by atoms with Crippen LogP contribution in [0.4, 0.5) is 0 Å². The lowest BCUT2D eigenvalue weighted by molar-refractivity contribution is -0.136.